The van der Waals surface area contributed by atoms with Gasteiger partial charge in [0.2, 0.25) is 5.91 Å². The molecular weight excluding hydrogens is 296 g/mol. The summed E-state index contributed by atoms with van der Waals surface area (Å²) < 4.78 is 0. The highest BCUT2D eigenvalue weighted by atomic mass is 16.4. The Morgan fingerprint density at radius 3 is 2.43 bits per heavy atom. The molecule has 0 aromatic heterocycles. The summed E-state index contributed by atoms with van der Waals surface area (Å²) in [6, 6.07) is 6.68. The minimum absolute atomic E-state index is 0.276. The van der Waals surface area contributed by atoms with Crippen molar-refractivity contribution in [3.05, 3.63) is 42.0 Å². The van der Waals surface area contributed by atoms with Crippen LogP contribution in [0.2, 0.25) is 0 Å². The Morgan fingerprint density at radius 1 is 1.13 bits per heavy atom. The third kappa shape index (κ3) is 3.97. The van der Waals surface area contributed by atoms with Crippen molar-refractivity contribution in [2.45, 2.75) is 19.8 Å². The van der Waals surface area contributed by atoms with Crippen LogP contribution in [0.5, 0.6) is 0 Å². The average Bonchev–Trinajstić information content (AvgIpc) is 2.55. The van der Waals surface area contributed by atoms with Crippen LogP contribution in [0.4, 0.5) is 5.69 Å². The van der Waals surface area contributed by atoms with Crippen LogP contribution in [-0.2, 0) is 9.59 Å². The molecule has 1 aliphatic carbocycles. The zero-order valence-corrected chi connectivity index (χ0v) is 12.9. The summed E-state index contributed by atoms with van der Waals surface area (Å²) in [6.07, 6.45) is 4.32. The van der Waals surface area contributed by atoms with Gasteiger partial charge in [0.1, 0.15) is 0 Å². The molecule has 0 unspecified atom stereocenters. The second-order valence-corrected chi connectivity index (χ2v) is 5.39. The molecule has 6 nitrogen and oxygen atoms in total. The topological polar surface area (TPSA) is 95.5 Å². The van der Waals surface area contributed by atoms with Gasteiger partial charge < -0.3 is 15.7 Å². The number of benzene rings is 1. The normalized spacial score (nSPS) is 19.9. The third-order valence-electron chi connectivity index (χ3n) is 3.85. The first-order valence-corrected chi connectivity index (χ1v) is 7.60. The van der Waals surface area contributed by atoms with E-state index in [4.69, 9.17) is 0 Å². The van der Waals surface area contributed by atoms with Crippen molar-refractivity contribution >= 4 is 23.5 Å². The van der Waals surface area contributed by atoms with Gasteiger partial charge in [0, 0.05) is 6.54 Å². The van der Waals surface area contributed by atoms with Crippen molar-refractivity contribution in [2.75, 3.05) is 11.9 Å². The quantitative estimate of drug-likeness (QED) is 0.724. The summed E-state index contributed by atoms with van der Waals surface area (Å²) in [7, 11) is 0. The van der Waals surface area contributed by atoms with Gasteiger partial charge in [-0.05, 0) is 31.9 Å². The second kappa shape index (κ2) is 7.58. The molecule has 0 bridgehead atoms. The number of nitrogens with one attached hydrogen (secondary N) is 2. The van der Waals surface area contributed by atoms with Gasteiger partial charge in [-0.15, -0.1) is 0 Å². The lowest BCUT2D eigenvalue weighted by molar-refractivity contribution is -0.146. The highest BCUT2D eigenvalue weighted by Crippen LogP contribution is 2.27. The number of aliphatic carboxylic acids is 1. The first kappa shape index (κ1) is 16.7. The van der Waals surface area contributed by atoms with Crippen LogP contribution in [0.1, 0.15) is 30.1 Å². The fourth-order valence-electron chi connectivity index (χ4n) is 2.65. The highest BCUT2D eigenvalue weighted by Gasteiger charge is 2.34. The maximum Gasteiger partial charge on any atom is 0.307 e. The summed E-state index contributed by atoms with van der Waals surface area (Å²) in [5, 5.41) is 14.7. The Morgan fingerprint density at radius 2 is 1.78 bits per heavy atom. The molecule has 23 heavy (non-hydrogen) atoms. The lowest BCUT2D eigenvalue weighted by atomic mass is 9.82. The Bertz CT molecular complexity index is 639. The minimum atomic E-state index is -0.980. The zero-order valence-electron chi connectivity index (χ0n) is 12.9. The molecule has 6 heteroatoms. The van der Waals surface area contributed by atoms with Crippen LogP contribution in [0.15, 0.2) is 36.4 Å². The van der Waals surface area contributed by atoms with Crippen LogP contribution < -0.4 is 10.6 Å². The minimum Gasteiger partial charge on any atom is -0.481 e. The second-order valence-electron chi connectivity index (χ2n) is 5.39. The SMILES string of the molecule is CCNC(=O)c1ccccc1NC(=O)[C@@H]1CC=CC[C@H]1C(=O)O. The number of carboxylic acids is 1. The Hall–Kier alpha value is -2.63. The molecule has 0 spiro atoms. The highest BCUT2D eigenvalue weighted by molar-refractivity contribution is 6.04. The fraction of sp³-hybridized carbons (Fsp3) is 0.353. The first-order chi connectivity index (χ1) is 11.0. The molecule has 0 aliphatic heterocycles. The van der Waals surface area contributed by atoms with Gasteiger partial charge in [0.15, 0.2) is 0 Å². The summed E-state index contributed by atoms with van der Waals surface area (Å²) >= 11 is 0. The van der Waals surface area contributed by atoms with E-state index in [9.17, 15) is 19.5 Å². The Labute approximate surface area is 134 Å². The largest absolute Gasteiger partial charge is 0.481 e. The molecule has 1 aromatic carbocycles. The summed E-state index contributed by atoms with van der Waals surface area (Å²) in [6.45, 7) is 2.29. The van der Waals surface area contributed by atoms with Crippen LogP contribution in [0, 0.1) is 11.8 Å². The molecule has 1 aliphatic rings. The van der Waals surface area contributed by atoms with E-state index >= 15 is 0 Å². The molecule has 122 valence electrons. The number of rotatable bonds is 5. The molecule has 3 N–H and O–H groups in total. The van der Waals surface area contributed by atoms with Gasteiger partial charge in [-0.2, -0.15) is 0 Å². The van der Waals surface area contributed by atoms with Crippen LogP contribution in [0.3, 0.4) is 0 Å². The van der Waals surface area contributed by atoms with Crippen molar-refractivity contribution in [1.82, 2.24) is 5.32 Å². The number of hydrogen-bond donors (Lipinski definition) is 3. The number of para-hydroxylation sites is 1. The number of hydrogen-bond acceptors (Lipinski definition) is 3. The molecule has 0 radical (unpaired) electrons. The molecule has 0 saturated heterocycles. The van der Waals surface area contributed by atoms with Gasteiger partial charge in [0.05, 0.1) is 23.1 Å². The molecule has 1 aromatic rings. The van der Waals surface area contributed by atoms with Crippen LogP contribution in [0.25, 0.3) is 0 Å². The van der Waals surface area contributed by atoms with E-state index < -0.39 is 17.8 Å². The molecule has 2 amide bonds. The number of carboxylic acid groups (broad SMARTS) is 1. The van der Waals surface area contributed by atoms with Crippen molar-refractivity contribution in [3.63, 3.8) is 0 Å². The molecule has 0 heterocycles. The Kier molecular flexibility index (Phi) is 5.51. The van der Waals surface area contributed by atoms with Gasteiger partial charge in [-0.25, -0.2) is 0 Å². The van der Waals surface area contributed by atoms with E-state index in [1.807, 2.05) is 13.0 Å². The number of carbonyl (C=O) groups excluding carboxylic acids is 2. The lowest BCUT2D eigenvalue weighted by Gasteiger charge is -2.24. The fourth-order valence-corrected chi connectivity index (χ4v) is 2.65. The van der Waals surface area contributed by atoms with Crippen molar-refractivity contribution < 1.29 is 19.5 Å². The number of allylic oxidation sites excluding steroid dienone is 2. The number of anilines is 1. The maximum absolute atomic E-state index is 12.5. The predicted molar refractivity (Wildman–Crippen MR) is 86.1 cm³/mol. The van der Waals surface area contributed by atoms with E-state index in [1.54, 1.807) is 30.3 Å². The first-order valence-electron chi connectivity index (χ1n) is 7.60. The maximum atomic E-state index is 12.5. The standard InChI is InChI=1S/C17H20N2O4/c1-2-18-15(20)13-9-5-6-10-14(13)19-16(21)11-7-3-4-8-12(11)17(22)23/h3-6,9-12H,2,7-8H2,1H3,(H,18,20)(H,19,21)(H,22,23)/t11-,12-/m1/s1. The van der Waals surface area contributed by atoms with Crippen LogP contribution >= 0.6 is 0 Å². The summed E-state index contributed by atoms with van der Waals surface area (Å²) in [4.78, 5) is 35.8. The Balaban J connectivity index is 2.18. The van der Waals surface area contributed by atoms with Crippen molar-refractivity contribution in [3.8, 4) is 0 Å². The summed E-state index contributed by atoms with van der Waals surface area (Å²) in [5.41, 5.74) is 0.753. The molecule has 0 saturated carbocycles. The molecule has 0 fully saturated rings. The van der Waals surface area contributed by atoms with E-state index in [1.165, 1.54) is 0 Å². The van der Waals surface area contributed by atoms with E-state index in [0.717, 1.165) is 0 Å². The molecular formula is C17H20N2O4. The predicted octanol–water partition coefficient (Wildman–Crippen LogP) is 2.04. The van der Waals surface area contributed by atoms with Crippen molar-refractivity contribution in [2.24, 2.45) is 11.8 Å². The smallest absolute Gasteiger partial charge is 0.307 e. The van der Waals surface area contributed by atoms with E-state index in [2.05, 4.69) is 10.6 Å². The third-order valence-corrected chi connectivity index (χ3v) is 3.85. The zero-order chi connectivity index (χ0) is 16.8. The summed E-state index contributed by atoms with van der Waals surface area (Å²) in [5.74, 6) is -3.01. The lowest BCUT2D eigenvalue weighted by Crippen LogP contribution is -2.35. The average molecular weight is 316 g/mol. The van der Waals surface area contributed by atoms with E-state index in [0.29, 0.717) is 30.6 Å². The van der Waals surface area contributed by atoms with Gasteiger partial charge in [-0.3, -0.25) is 14.4 Å². The van der Waals surface area contributed by atoms with Crippen molar-refractivity contribution in [1.29, 1.82) is 0 Å². The number of amides is 2. The van der Waals surface area contributed by atoms with Gasteiger partial charge >= 0.3 is 5.97 Å². The van der Waals surface area contributed by atoms with Gasteiger partial charge in [0.25, 0.3) is 5.91 Å². The van der Waals surface area contributed by atoms with Crippen LogP contribution in [-0.4, -0.2) is 29.4 Å². The number of carbonyl (C=O) groups is 3. The molecule has 2 rings (SSSR count). The molecule has 2 atom stereocenters. The van der Waals surface area contributed by atoms with E-state index in [-0.39, 0.29) is 11.8 Å². The monoisotopic (exact) mass is 316 g/mol. The van der Waals surface area contributed by atoms with Gasteiger partial charge in [-0.1, -0.05) is 24.3 Å².